The van der Waals surface area contributed by atoms with Gasteiger partial charge in [-0.05, 0) is 41.1 Å². The number of hydrogen-bond acceptors (Lipinski definition) is 3. The minimum Gasteiger partial charge on any atom is -0.314 e. The number of pyridine rings is 1. The molecule has 0 unspecified atom stereocenters. The highest BCUT2D eigenvalue weighted by molar-refractivity contribution is 14.1. The molecule has 15 heavy (non-hydrogen) atoms. The standard InChI is InChI=1S/C11H16IN3/c1-9-6-13-4-5-15(9)8-10-2-3-11(12)14-7-10/h2-3,7,9,13H,4-6,8H2,1H3/t9-/m1/s1. The molecule has 2 heterocycles. The number of rotatable bonds is 2. The smallest absolute Gasteiger partial charge is 0.101 e. The zero-order valence-electron chi connectivity index (χ0n) is 8.91. The lowest BCUT2D eigenvalue weighted by Gasteiger charge is -2.33. The van der Waals surface area contributed by atoms with Gasteiger partial charge >= 0.3 is 0 Å². The molecule has 1 fully saturated rings. The third kappa shape index (κ3) is 3.12. The Labute approximate surface area is 104 Å². The highest BCUT2D eigenvalue weighted by Crippen LogP contribution is 2.10. The van der Waals surface area contributed by atoms with Crippen LogP contribution in [0.2, 0.25) is 0 Å². The van der Waals surface area contributed by atoms with E-state index in [-0.39, 0.29) is 0 Å². The molecule has 2 rings (SSSR count). The Hall–Kier alpha value is -0.200. The fraction of sp³-hybridized carbons (Fsp3) is 0.545. The number of nitrogens with zero attached hydrogens (tertiary/aromatic N) is 2. The molecule has 0 saturated carbocycles. The lowest BCUT2D eigenvalue weighted by molar-refractivity contribution is 0.165. The third-order valence-electron chi connectivity index (χ3n) is 2.81. The topological polar surface area (TPSA) is 28.2 Å². The molecule has 0 bridgehead atoms. The summed E-state index contributed by atoms with van der Waals surface area (Å²) in [5, 5.41) is 3.40. The maximum atomic E-state index is 4.31. The number of halogens is 1. The lowest BCUT2D eigenvalue weighted by atomic mass is 10.2. The van der Waals surface area contributed by atoms with Crippen LogP contribution < -0.4 is 5.32 Å². The Morgan fingerprint density at radius 3 is 3.13 bits per heavy atom. The Balaban J connectivity index is 1.98. The summed E-state index contributed by atoms with van der Waals surface area (Å²) in [5.41, 5.74) is 1.31. The predicted molar refractivity (Wildman–Crippen MR) is 69.7 cm³/mol. The van der Waals surface area contributed by atoms with Crippen molar-refractivity contribution in [2.45, 2.75) is 19.5 Å². The average molecular weight is 317 g/mol. The Kier molecular flexibility index (Phi) is 3.93. The molecular weight excluding hydrogens is 301 g/mol. The first-order chi connectivity index (χ1) is 7.25. The van der Waals surface area contributed by atoms with Gasteiger partial charge in [-0.3, -0.25) is 9.88 Å². The van der Waals surface area contributed by atoms with Crippen LogP contribution in [0.4, 0.5) is 0 Å². The van der Waals surface area contributed by atoms with Crippen molar-refractivity contribution in [3.63, 3.8) is 0 Å². The molecule has 0 amide bonds. The molecule has 1 atom stereocenters. The van der Waals surface area contributed by atoms with E-state index in [0.29, 0.717) is 6.04 Å². The largest absolute Gasteiger partial charge is 0.314 e. The summed E-state index contributed by atoms with van der Waals surface area (Å²) in [6.45, 7) is 6.62. The summed E-state index contributed by atoms with van der Waals surface area (Å²) in [7, 11) is 0. The third-order valence-corrected chi connectivity index (χ3v) is 3.45. The van der Waals surface area contributed by atoms with Crippen LogP contribution >= 0.6 is 22.6 Å². The van der Waals surface area contributed by atoms with E-state index in [0.717, 1.165) is 29.9 Å². The Morgan fingerprint density at radius 2 is 2.47 bits per heavy atom. The summed E-state index contributed by atoms with van der Waals surface area (Å²) < 4.78 is 1.06. The molecule has 1 aromatic rings. The van der Waals surface area contributed by atoms with Crippen molar-refractivity contribution in [2.24, 2.45) is 0 Å². The van der Waals surface area contributed by atoms with Crippen LogP contribution in [0, 0.1) is 3.70 Å². The summed E-state index contributed by atoms with van der Waals surface area (Å²) in [5.74, 6) is 0. The first-order valence-electron chi connectivity index (χ1n) is 5.31. The van der Waals surface area contributed by atoms with E-state index in [4.69, 9.17) is 0 Å². The highest BCUT2D eigenvalue weighted by atomic mass is 127. The SMILES string of the molecule is C[C@@H]1CNCCN1Cc1ccc(I)nc1. The predicted octanol–water partition coefficient (Wildman–Crippen LogP) is 1.48. The summed E-state index contributed by atoms with van der Waals surface area (Å²) in [4.78, 5) is 6.81. The van der Waals surface area contributed by atoms with Crippen LogP contribution in [0.25, 0.3) is 0 Å². The summed E-state index contributed by atoms with van der Waals surface area (Å²) in [6, 6.07) is 4.87. The van der Waals surface area contributed by atoms with E-state index in [9.17, 15) is 0 Å². The molecule has 3 nitrogen and oxygen atoms in total. The number of hydrogen-bond donors (Lipinski definition) is 1. The second kappa shape index (κ2) is 5.23. The maximum Gasteiger partial charge on any atom is 0.101 e. The van der Waals surface area contributed by atoms with Gasteiger partial charge in [0.05, 0.1) is 0 Å². The van der Waals surface area contributed by atoms with Crippen LogP contribution in [-0.4, -0.2) is 35.6 Å². The molecule has 1 aromatic heterocycles. The van der Waals surface area contributed by atoms with E-state index >= 15 is 0 Å². The van der Waals surface area contributed by atoms with Gasteiger partial charge in [-0.15, -0.1) is 0 Å². The molecular formula is C11H16IN3. The van der Waals surface area contributed by atoms with Crippen molar-refractivity contribution in [3.05, 3.63) is 27.6 Å². The molecule has 1 aliphatic rings. The van der Waals surface area contributed by atoms with Gasteiger partial charge in [0.2, 0.25) is 0 Å². The normalized spacial score (nSPS) is 22.9. The minimum atomic E-state index is 0.623. The van der Waals surface area contributed by atoms with Crippen molar-refractivity contribution < 1.29 is 0 Å². The fourth-order valence-corrected chi connectivity index (χ4v) is 2.17. The van der Waals surface area contributed by atoms with Gasteiger partial charge in [0.25, 0.3) is 0 Å². The second-order valence-corrected chi connectivity index (χ2v) is 5.12. The van der Waals surface area contributed by atoms with Crippen LogP contribution in [-0.2, 0) is 6.54 Å². The monoisotopic (exact) mass is 317 g/mol. The van der Waals surface area contributed by atoms with Gasteiger partial charge < -0.3 is 5.32 Å². The molecule has 82 valence electrons. The van der Waals surface area contributed by atoms with Crippen molar-refractivity contribution in [1.29, 1.82) is 0 Å². The average Bonchev–Trinajstić information content (AvgIpc) is 2.25. The highest BCUT2D eigenvalue weighted by Gasteiger charge is 2.17. The lowest BCUT2D eigenvalue weighted by Crippen LogP contribution is -2.49. The number of nitrogens with one attached hydrogen (secondary N) is 1. The maximum absolute atomic E-state index is 4.31. The van der Waals surface area contributed by atoms with E-state index in [2.05, 4.69) is 56.8 Å². The zero-order chi connectivity index (χ0) is 10.7. The molecule has 1 saturated heterocycles. The summed E-state index contributed by atoms with van der Waals surface area (Å²) >= 11 is 2.24. The van der Waals surface area contributed by atoms with Crippen LogP contribution in [0.5, 0.6) is 0 Å². The number of aromatic nitrogens is 1. The molecule has 0 aliphatic carbocycles. The van der Waals surface area contributed by atoms with E-state index in [1.165, 1.54) is 5.56 Å². The van der Waals surface area contributed by atoms with E-state index in [1.54, 1.807) is 0 Å². The van der Waals surface area contributed by atoms with Crippen LogP contribution in [0.15, 0.2) is 18.3 Å². The van der Waals surface area contributed by atoms with Crippen molar-refractivity contribution in [2.75, 3.05) is 19.6 Å². The molecule has 0 spiro atoms. The quantitative estimate of drug-likeness (QED) is 0.662. The summed E-state index contributed by atoms with van der Waals surface area (Å²) in [6.07, 6.45) is 1.98. The first-order valence-corrected chi connectivity index (χ1v) is 6.39. The number of piperazine rings is 1. The fourth-order valence-electron chi connectivity index (χ4n) is 1.85. The minimum absolute atomic E-state index is 0.623. The van der Waals surface area contributed by atoms with Crippen LogP contribution in [0.1, 0.15) is 12.5 Å². The van der Waals surface area contributed by atoms with E-state index < -0.39 is 0 Å². The zero-order valence-corrected chi connectivity index (χ0v) is 11.1. The van der Waals surface area contributed by atoms with Crippen molar-refractivity contribution >= 4 is 22.6 Å². The van der Waals surface area contributed by atoms with Crippen LogP contribution in [0.3, 0.4) is 0 Å². The van der Waals surface area contributed by atoms with Gasteiger partial charge in [-0.25, -0.2) is 0 Å². The molecule has 0 radical (unpaired) electrons. The van der Waals surface area contributed by atoms with Gasteiger partial charge in [0, 0.05) is 38.4 Å². The molecule has 1 aliphatic heterocycles. The molecule has 4 heteroatoms. The van der Waals surface area contributed by atoms with Gasteiger partial charge in [0.15, 0.2) is 0 Å². The van der Waals surface area contributed by atoms with Gasteiger partial charge in [0.1, 0.15) is 3.70 Å². The van der Waals surface area contributed by atoms with Gasteiger partial charge in [-0.1, -0.05) is 6.07 Å². The second-order valence-electron chi connectivity index (χ2n) is 4.01. The molecule has 0 aromatic carbocycles. The Bertz CT molecular complexity index is 312. The molecule has 1 N–H and O–H groups in total. The Morgan fingerprint density at radius 1 is 1.60 bits per heavy atom. The van der Waals surface area contributed by atoms with Gasteiger partial charge in [-0.2, -0.15) is 0 Å². The first kappa shape index (κ1) is 11.3. The van der Waals surface area contributed by atoms with Crippen molar-refractivity contribution in [1.82, 2.24) is 15.2 Å². The van der Waals surface area contributed by atoms with E-state index in [1.807, 2.05) is 6.20 Å². The van der Waals surface area contributed by atoms with Crippen molar-refractivity contribution in [3.8, 4) is 0 Å².